The molecule has 178 valence electrons. The highest BCUT2D eigenvalue weighted by Crippen LogP contribution is 2.31. The molecule has 0 radical (unpaired) electrons. The first-order chi connectivity index (χ1) is 15.9. The van der Waals surface area contributed by atoms with Crippen molar-refractivity contribution in [1.82, 2.24) is 10.2 Å². The maximum atomic E-state index is 13.3. The minimum absolute atomic E-state index is 0.0476. The van der Waals surface area contributed by atoms with E-state index in [1.54, 1.807) is 18.9 Å². The van der Waals surface area contributed by atoms with Gasteiger partial charge in [-0.15, -0.1) is 0 Å². The number of amides is 2. The summed E-state index contributed by atoms with van der Waals surface area (Å²) < 4.78 is 16.5. The van der Waals surface area contributed by atoms with Crippen molar-refractivity contribution in [2.24, 2.45) is 0 Å². The van der Waals surface area contributed by atoms with Crippen LogP contribution in [0.4, 0.5) is 0 Å². The lowest BCUT2D eigenvalue weighted by Gasteiger charge is -2.30. The zero-order valence-electron chi connectivity index (χ0n) is 19.9. The van der Waals surface area contributed by atoms with Gasteiger partial charge in [0, 0.05) is 19.0 Å². The Morgan fingerprint density at radius 1 is 1.06 bits per heavy atom. The fourth-order valence-electron chi connectivity index (χ4n) is 3.65. The fourth-order valence-corrected chi connectivity index (χ4v) is 3.65. The number of carbonyl (C=O) groups excluding carboxylic acids is 2. The molecule has 0 saturated carbocycles. The van der Waals surface area contributed by atoms with E-state index in [4.69, 9.17) is 14.2 Å². The SMILES string of the molecule is CCC(C)NC(=O)C(C)N(Cc1cccc(OC)c1)C(=O)CCc1ccc2c(c1)OCCO2. The molecule has 0 fully saturated rings. The number of hydrogen-bond donors (Lipinski definition) is 1. The summed E-state index contributed by atoms with van der Waals surface area (Å²) in [6, 6.07) is 12.8. The van der Waals surface area contributed by atoms with Gasteiger partial charge >= 0.3 is 0 Å². The largest absolute Gasteiger partial charge is 0.497 e. The lowest BCUT2D eigenvalue weighted by atomic mass is 10.1. The topological polar surface area (TPSA) is 77.1 Å². The van der Waals surface area contributed by atoms with E-state index in [1.165, 1.54) is 0 Å². The Balaban J connectivity index is 1.73. The molecule has 0 saturated heterocycles. The molecular weight excluding hydrogens is 420 g/mol. The first-order valence-corrected chi connectivity index (χ1v) is 11.5. The second-order valence-corrected chi connectivity index (χ2v) is 8.35. The molecule has 7 nitrogen and oxygen atoms in total. The van der Waals surface area contributed by atoms with E-state index in [2.05, 4.69) is 5.32 Å². The van der Waals surface area contributed by atoms with Crippen molar-refractivity contribution in [3.05, 3.63) is 53.6 Å². The van der Waals surface area contributed by atoms with E-state index in [9.17, 15) is 9.59 Å². The average Bonchev–Trinajstić information content (AvgIpc) is 2.85. The predicted molar refractivity (Wildman–Crippen MR) is 127 cm³/mol. The van der Waals surface area contributed by atoms with Crippen LogP contribution in [-0.4, -0.2) is 49.1 Å². The van der Waals surface area contributed by atoms with Gasteiger partial charge in [0.05, 0.1) is 7.11 Å². The lowest BCUT2D eigenvalue weighted by molar-refractivity contribution is -0.140. The third kappa shape index (κ3) is 6.63. The number of hydrogen-bond acceptors (Lipinski definition) is 5. The van der Waals surface area contributed by atoms with Gasteiger partial charge in [-0.2, -0.15) is 0 Å². The van der Waals surface area contributed by atoms with Crippen LogP contribution < -0.4 is 19.5 Å². The van der Waals surface area contributed by atoms with Crippen LogP contribution in [0.25, 0.3) is 0 Å². The van der Waals surface area contributed by atoms with Crippen LogP contribution in [0, 0.1) is 0 Å². The van der Waals surface area contributed by atoms with Gasteiger partial charge in [-0.25, -0.2) is 0 Å². The molecule has 33 heavy (non-hydrogen) atoms. The highest BCUT2D eigenvalue weighted by molar-refractivity contribution is 5.87. The molecule has 0 aliphatic carbocycles. The summed E-state index contributed by atoms with van der Waals surface area (Å²) in [7, 11) is 1.61. The highest BCUT2D eigenvalue weighted by Gasteiger charge is 2.27. The molecule has 3 rings (SSSR count). The molecule has 2 aromatic rings. The van der Waals surface area contributed by atoms with E-state index in [-0.39, 0.29) is 24.3 Å². The molecule has 2 unspecified atom stereocenters. The summed E-state index contributed by atoms with van der Waals surface area (Å²) in [6.45, 7) is 7.14. The van der Waals surface area contributed by atoms with E-state index in [1.807, 2.05) is 56.3 Å². The molecule has 0 aromatic heterocycles. The highest BCUT2D eigenvalue weighted by atomic mass is 16.6. The minimum atomic E-state index is -0.599. The maximum Gasteiger partial charge on any atom is 0.242 e. The van der Waals surface area contributed by atoms with Gasteiger partial charge < -0.3 is 24.4 Å². The normalized spacial score (nSPS) is 14.2. The summed E-state index contributed by atoms with van der Waals surface area (Å²) in [6.07, 6.45) is 1.65. The van der Waals surface area contributed by atoms with Gasteiger partial charge in [0.2, 0.25) is 11.8 Å². The zero-order valence-corrected chi connectivity index (χ0v) is 19.9. The molecule has 1 N–H and O–H groups in total. The van der Waals surface area contributed by atoms with Crippen LogP contribution >= 0.6 is 0 Å². The Bertz CT molecular complexity index is 961. The van der Waals surface area contributed by atoms with Crippen molar-refractivity contribution in [3.63, 3.8) is 0 Å². The molecule has 1 aliphatic heterocycles. The van der Waals surface area contributed by atoms with Gasteiger partial charge in [0.25, 0.3) is 0 Å². The number of nitrogens with one attached hydrogen (secondary N) is 1. The summed E-state index contributed by atoms with van der Waals surface area (Å²) >= 11 is 0. The standard InChI is InChI=1S/C26H34N2O5/c1-5-18(2)27-26(30)19(3)28(17-21-7-6-8-22(15-21)31-4)25(29)12-10-20-9-11-23-24(16-20)33-14-13-32-23/h6-9,11,15-16,18-19H,5,10,12-14,17H2,1-4H3,(H,27,30). The number of fused-ring (bicyclic) bond motifs is 1. The van der Waals surface area contributed by atoms with Gasteiger partial charge in [0.1, 0.15) is 25.0 Å². The zero-order chi connectivity index (χ0) is 23.8. The van der Waals surface area contributed by atoms with Crippen LogP contribution in [0.15, 0.2) is 42.5 Å². The average molecular weight is 455 g/mol. The molecule has 1 heterocycles. The van der Waals surface area contributed by atoms with Crippen molar-refractivity contribution >= 4 is 11.8 Å². The third-order valence-corrected chi connectivity index (χ3v) is 5.89. The molecular formula is C26H34N2O5. The summed E-state index contributed by atoms with van der Waals surface area (Å²) in [5, 5.41) is 2.99. The Hall–Kier alpha value is -3.22. The summed E-state index contributed by atoms with van der Waals surface area (Å²) in [5.41, 5.74) is 1.90. The van der Waals surface area contributed by atoms with Crippen molar-refractivity contribution < 1.29 is 23.8 Å². The van der Waals surface area contributed by atoms with Gasteiger partial charge in [0.15, 0.2) is 11.5 Å². The number of carbonyl (C=O) groups is 2. The number of aryl methyl sites for hydroxylation is 1. The van der Waals surface area contributed by atoms with Crippen molar-refractivity contribution in [2.45, 2.75) is 58.7 Å². The third-order valence-electron chi connectivity index (χ3n) is 5.89. The van der Waals surface area contributed by atoms with Crippen LogP contribution in [0.2, 0.25) is 0 Å². The second-order valence-electron chi connectivity index (χ2n) is 8.35. The second kappa shape index (κ2) is 11.6. The first-order valence-electron chi connectivity index (χ1n) is 11.5. The smallest absolute Gasteiger partial charge is 0.242 e. The van der Waals surface area contributed by atoms with Crippen molar-refractivity contribution in [1.29, 1.82) is 0 Å². The molecule has 0 bridgehead atoms. The van der Waals surface area contributed by atoms with Crippen LogP contribution in [0.3, 0.4) is 0 Å². The Kier molecular flexibility index (Phi) is 8.58. The minimum Gasteiger partial charge on any atom is -0.497 e. The number of methoxy groups -OCH3 is 1. The monoisotopic (exact) mass is 454 g/mol. The Morgan fingerprint density at radius 2 is 1.82 bits per heavy atom. The lowest BCUT2D eigenvalue weighted by Crippen LogP contribution is -2.49. The molecule has 1 aliphatic rings. The first kappa shape index (κ1) is 24.4. The molecule has 2 atom stereocenters. The van der Waals surface area contributed by atoms with E-state index < -0.39 is 6.04 Å². The van der Waals surface area contributed by atoms with Crippen LogP contribution in [-0.2, 0) is 22.6 Å². The van der Waals surface area contributed by atoms with E-state index in [0.29, 0.717) is 37.7 Å². The molecule has 0 spiro atoms. The summed E-state index contributed by atoms with van der Waals surface area (Å²) in [5.74, 6) is 1.92. The predicted octanol–water partition coefficient (Wildman–Crippen LogP) is 3.73. The van der Waals surface area contributed by atoms with Crippen molar-refractivity contribution in [2.75, 3.05) is 20.3 Å². The Morgan fingerprint density at radius 3 is 2.55 bits per heavy atom. The maximum absolute atomic E-state index is 13.3. The number of ether oxygens (including phenoxy) is 3. The van der Waals surface area contributed by atoms with Gasteiger partial charge in [-0.1, -0.05) is 25.1 Å². The van der Waals surface area contributed by atoms with E-state index >= 15 is 0 Å². The van der Waals surface area contributed by atoms with Crippen LogP contribution in [0.1, 0.15) is 44.7 Å². The number of rotatable bonds is 10. The molecule has 2 aromatic carbocycles. The molecule has 2 amide bonds. The quantitative estimate of drug-likeness (QED) is 0.592. The number of benzene rings is 2. The van der Waals surface area contributed by atoms with Crippen LogP contribution in [0.5, 0.6) is 17.2 Å². The van der Waals surface area contributed by atoms with Gasteiger partial charge in [-0.3, -0.25) is 9.59 Å². The Labute approximate surface area is 196 Å². The van der Waals surface area contributed by atoms with Gasteiger partial charge in [-0.05, 0) is 62.1 Å². The van der Waals surface area contributed by atoms with Crippen molar-refractivity contribution in [3.8, 4) is 17.2 Å². The summed E-state index contributed by atoms with van der Waals surface area (Å²) in [4.78, 5) is 27.8. The van der Waals surface area contributed by atoms with E-state index in [0.717, 1.165) is 23.3 Å². The molecule has 7 heteroatoms. The fraction of sp³-hybridized carbons (Fsp3) is 0.462. The number of nitrogens with zero attached hydrogens (tertiary/aromatic N) is 1.